The predicted molar refractivity (Wildman–Crippen MR) is 78.6 cm³/mol. The van der Waals surface area contributed by atoms with Crippen molar-refractivity contribution in [3.8, 4) is 0 Å². The van der Waals surface area contributed by atoms with Crippen LogP contribution in [0.5, 0.6) is 0 Å². The number of piperidine rings is 1. The molecule has 2 fully saturated rings. The second-order valence-corrected chi connectivity index (χ2v) is 8.27. The van der Waals surface area contributed by atoms with Gasteiger partial charge in [-0.05, 0) is 25.7 Å². The van der Waals surface area contributed by atoms with E-state index in [4.69, 9.17) is 0 Å². The molecule has 5 nitrogen and oxygen atoms in total. The van der Waals surface area contributed by atoms with Crippen LogP contribution in [0.25, 0.3) is 0 Å². The topological polar surface area (TPSA) is 63.2 Å². The number of nitrogens with zero attached hydrogens (tertiary/aromatic N) is 3. The molecule has 0 bridgehead atoms. The summed E-state index contributed by atoms with van der Waals surface area (Å²) >= 11 is 0. The average molecular weight is 295 g/mol. The van der Waals surface area contributed by atoms with Crippen LogP contribution in [0.1, 0.15) is 31.9 Å². The molecule has 0 amide bonds. The summed E-state index contributed by atoms with van der Waals surface area (Å²) in [6, 6.07) is 2.03. The van der Waals surface area contributed by atoms with Crippen LogP contribution in [-0.2, 0) is 16.3 Å². The first-order valence-electron chi connectivity index (χ1n) is 7.28. The van der Waals surface area contributed by atoms with Gasteiger partial charge < -0.3 is 4.90 Å². The van der Waals surface area contributed by atoms with Gasteiger partial charge in [0.2, 0.25) is 0 Å². The van der Waals surface area contributed by atoms with Crippen molar-refractivity contribution in [3.63, 3.8) is 0 Å². The minimum absolute atomic E-state index is 0.0472. The van der Waals surface area contributed by atoms with E-state index in [0.717, 1.165) is 50.3 Å². The van der Waals surface area contributed by atoms with E-state index in [1.165, 1.54) is 0 Å². The Morgan fingerprint density at radius 3 is 2.90 bits per heavy atom. The molecule has 1 unspecified atom stereocenters. The van der Waals surface area contributed by atoms with E-state index in [9.17, 15) is 8.42 Å². The second-order valence-electron chi connectivity index (χ2n) is 6.09. The van der Waals surface area contributed by atoms with E-state index in [2.05, 4.69) is 21.8 Å². The van der Waals surface area contributed by atoms with Crippen molar-refractivity contribution in [2.45, 2.75) is 32.6 Å². The minimum Gasteiger partial charge on any atom is -0.356 e. The van der Waals surface area contributed by atoms with Gasteiger partial charge in [0.05, 0.1) is 11.5 Å². The number of sulfone groups is 1. The monoisotopic (exact) mass is 295 g/mol. The van der Waals surface area contributed by atoms with Gasteiger partial charge in [0.15, 0.2) is 9.84 Å². The normalized spacial score (nSPS) is 28.9. The molecule has 3 heterocycles. The molecule has 1 spiro atoms. The van der Waals surface area contributed by atoms with Gasteiger partial charge in [-0.3, -0.25) is 0 Å². The zero-order valence-electron chi connectivity index (χ0n) is 11.9. The van der Waals surface area contributed by atoms with Gasteiger partial charge in [0, 0.05) is 30.3 Å². The molecule has 1 aromatic heterocycles. The summed E-state index contributed by atoms with van der Waals surface area (Å²) in [7, 11) is -2.83. The third-order valence-electron chi connectivity index (χ3n) is 4.53. The molecule has 0 aliphatic carbocycles. The van der Waals surface area contributed by atoms with E-state index >= 15 is 0 Å². The second kappa shape index (κ2) is 4.98. The third-order valence-corrected chi connectivity index (χ3v) is 6.40. The SMILES string of the molecule is CCc1cc(N2CCCC3(CCS(=O)(=O)C3)C2)ncn1. The van der Waals surface area contributed by atoms with Crippen molar-refractivity contribution >= 4 is 15.7 Å². The number of aromatic nitrogens is 2. The molecule has 110 valence electrons. The summed E-state index contributed by atoms with van der Waals surface area (Å²) in [5.41, 5.74) is 0.989. The Labute approximate surface area is 120 Å². The fourth-order valence-electron chi connectivity index (χ4n) is 3.46. The highest BCUT2D eigenvalue weighted by atomic mass is 32.2. The van der Waals surface area contributed by atoms with Crippen molar-refractivity contribution < 1.29 is 8.42 Å². The van der Waals surface area contributed by atoms with Crippen LogP contribution in [-0.4, -0.2) is 43.0 Å². The standard InChI is InChI=1S/C14H21N3O2S/c1-2-12-8-13(16-11-15-12)17-6-3-4-14(9-17)5-7-20(18,19)10-14/h8,11H,2-7,9-10H2,1H3. The summed E-state index contributed by atoms with van der Waals surface area (Å²) < 4.78 is 23.6. The predicted octanol–water partition coefficient (Wildman–Crippen LogP) is 1.44. The molecule has 2 saturated heterocycles. The Bertz CT molecular complexity index is 602. The van der Waals surface area contributed by atoms with Crippen LogP contribution >= 0.6 is 0 Å². The molecule has 0 N–H and O–H groups in total. The van der Waals surface area contributed by atoms with Gasteiger partial charge in [-0.25, -0.2) is 18.4 Å². The average Bonchev–Trinajstić information content (AvgIpc) is 2.74. The molecule has 20 heavy (non-hydrogen) atoms. The molecule has 0 radical (unpaired) electrons. The molecular formula is C14H21N3O2S. The molecule has 6 heteroatoms. The first kappa shape index (κ1) is 13.8. The van der Waals surface area contributed by atoms with E-state index < -0.39 is 9.84 Å². The third kappa shape index (κ3) is 2.66. The molecule has 2 aliphatic rings. The largest absolute Gasteiger partial charge is 0.356 e. The molecule has 0 aromatic carbocycles. The van der Waals surface area contributed by atoms with Crippen molar-refractivity contribution in [1.82, 2.24) is 9.97 Å². The lowest BCUT2D eigenvalue weighted by Crippen LogP contribution is -2.44. The number of hydrogen-bond donors (Lipinski definition) is 0. The summed E-state index contributed by atoms with van der Waals surface area (Å²) in [6.07, 6.45) is 5.37. The van der Waals surface area contributed by atoms with Crippen LogP contribution in [0, 0.1) is 5.41 Å². The Morgan fingerprint density at radius 1 is 1.35 bits per heavy atom. The van der Waals surface area contributed by atoms with Crippen LogP contribution in [0.4, 0.5) is 5.82 Å². The van der Waals surface area contributed by atoms with Gasteiger partial charge in [-0.2, -0.15) is 0 Å². The maximum atomic E-state index is 11.8. The lowest BCUT2D eigenvalue weighted by Gasteiger charge is -2.40. The molecular weight excluding hydrogens is 274 g/mol. The van der Waals surface area contributed by atoms with Crippen molar-refractivity contribution in [2.75, 3.05) is 29.5 Å². The maximum Gasteiger partial charge on any atom is 0.150 e. The Hall–Kier alpha value is -1.17. The van der Waals surface area contributed by atoms with E-state index in [1.54, 1.807) is 6.33 Å². The lowest BCUT2D eigenvalue weighted by molar-refractivity contribution is 0.269. The van der Waals surface area contributed by atoms with Gasteiger partial charge in [-0.1, -0.05) is 6.92 Å². The van der Waals surface area contributed by atoms with E-state index in [-0.39, 0.29) is 5.41 Å². The first-order valence-corrected chi connectivity index (χ1v) is 9.10. The van der Waals surface area contributed by atoms with E-state index in [0.29, 0.717) is 11.5 Å². The van der Waals surface area contributed by atoms with Crippen molar-refractivity contribution in [2.24, 2.45) is 5.41 Å². The molecule has 2 aliphatic heterocycles. The van der Waals surface area contributed by atoms with Crippen molar-refractivity contribution in [1.29, 1.82) is 0 Å². The summed E-state index contributed by atoms with van der Waals surface area (Å²) in [4.78, 5) is 10.8. The molecule has 0 saturated carbocycles. The zero-order valence-corrected chi connectivity index (χ0v) is 12.7. The lowest BCUT2D eigenvalue weighted by atomic mass is 9.79. The van der Waals surface area contributed by atoms with Crippen LogP contribution < -0.4 is 4.90 Å². The van der Waals surface area contributed by atoms with Gasteiger partial charge in [-0.15, -0.1) is 0 Å². The number of rotatable bonds is 2. The molecule has 1 atom stereocenters. The minimum atomic E-state index is -2.83. The van der Waals surface area contributed by atoms with Gasteiger partial charge in [0.1, 0.15) is 12.1 Å². The Balaban J connectivity index is 1.82. The van der Waals surface area contributed by atoms with Gasteiger partial charge >= 0.3 is 0 Å². The zero-order chi connectivity index (χ0) is 14.2. The highest BCUT2D eigenvalue weighted by Gasteiger charge is 2.44. The fraction of sp³-hybridized carbons (Fsp3) is 0.714. The van der Waals surface area contributed by atoms with Crippen LogP contribution in [0.3, 0.4) is 0 Å². The number of aryl methyl sites for hydroxylation is 1. The van der Waals surface area contributed by atoms with Crippen LogP contribution in [0.15, 0.2) is 12.4 Å². The highest BCUT2D eigenvalue weighted by Crippen LogP contribution is 2.41. The van der Waals surface area contributed by atoms with Gasteiger partial charge in [0.25, 0.3) is 0 Å². The summed E-state index contributed by atoms with van der Waals surface area (Å²) in [5.74, 6) is 1.65. The van der Waals surface area contributed by atoms with E-state index in [1.807, 2.05) is 6.07 Å². The highest BCUT2D eigenvalue weighted by molar-refractivity contribution is 7.91. The Kier molecular flexibility index (Phi) is 3.44. The molecule has 1 aromatic rings. The summed E-state index contributed by atoms with van der Waals surface area (Å²) in [6.45, 7) is 3.85. The Morgan fingerprint density at radius 2 is 2.20 bits per heavy atom. The fourth-order valence-corrected chi connectivity index (χ4v) is 5.66. The number of hydrogen-bond acceptors (Lipinski definition) is 5. The molecule has 3 rings (SSSR count). The quantitative estimate of drug-likeness (QED) is 0.826. The smallest absolute Gasteiger partial charge is 0.150 e. The van der Waals surface area contributed by atoms with Crippen LogP contribution in [0.2, 0.25) is 0 Å². The maximum absolute atomic E-state index is 11.8. The summed E-state index contributed by atoms with van der Waals surface area (Å²) in [5, 5.41) is 0. The number of anilines is 1. The van der Waals surface area contributed by atoms with Crippen molar-refractivity contribution in [3.05, 3.63) is 18.1 Å². The first-order chi connectivity index (χ1) is 9.52.